The highest BCUT2D eigenvalue weighted by Crippen LogP contribution is 2.24. The second-order valence-corrected chi connectivity index (χ2v) is 7.35. The molecule has 8 heteroatoms. The van der Waals surface area contributed by atoms with E-state index in [1.807, 2.05) is 6.92 Å². The molecule has 1 aliphatic heterocycles. The molecule has 5 atom stereocenters. The smallest absolute Gasteiger partial charge is 0.335 e. The van der Waals surface area contributed by atoms with Crippen LogP contribution in [-0.2, 0) is 19.1 Å². The number of hydrogen-bond acceptors (Lipinski definition) is 8. The van der Waals surface area contributed by atoms with Gasteiger partial charge in [-0.15, -0.1) is 11.8 Å². The molecule has 0 aromatic rings. The maximum Gasteiger partial charge on any atom is 0.335 e. The van der Waals surface area contributed by atoms with Gasteiger partial charge in [0.15, 0.2) is 6.10 Å². The van der Waals surface area contributed by atoms with Gasteiger partial charge in [-0.25, -0.2) is 4.79 Å². The Bertz CT molecular complexity index is 404. The van der Waals surface area contributed by atoms with Crippen LogP contribution in [-0.4, -0.2) is 69.8 Å². The summed E-state index contributed by atoms with van der Waals surface area (Å²) in [5.74, 6) is -1.33. The molecule has 0 aromatic heterocycles. The third-order valence-electron chi connectivity index (χ3n) is 4.02. The van der Waals surface area contributed by atoms with Crippen LogP contribution < -0.4 is 0 Å². The molecule has 1 fully saturated rings. The summed E-state index contributed by atoms with van der Waals surface area (Å²) in [7, 11) is 1.17. The normalized spacial score (nSPS) is 31.3. The van der Waals surface area contributed by atoms with Crippen LogP contribution in [0, 0.1) is 0 Å². The van der Waals surface area contributed by atoms with Gasteiger partial charge in [0.1, 0.15) is 5.25 Å². The van der Waals surface area contributed by atoms with Gasteiger partial charge in [-0.1, -0.05) is 12.8 Å². The number of ether oxygens (including phenoxy) is 2. The lowest BCUT2D eigenvalue weighted by Gasteiger charge is -2.25. The SMILES string of the molecule is COC(=O)[C@H](O)CS[C@H]1C[C@@H](O)[C@@H](O)CCCCC[C@@H](C)OC1=O. The molecular weight excluding hydrogens is 336 g/mol. The summed E-state index contributed by atoms with van der Waals surface area (Å²) in [6, 6.07) is 0. The topological polar surface area (TPSA) is 113 Å². The largest absolute Gasteiger partial charge is 0.467 e. The van der Waals surface area contributed by atoms with Gasteiger partial charge >= 0.3 is 11.9 Å². The zero-order valence-corrected chi connectivity index (χ0v) is 15.0. The molecule has 0 saturated carbocycles. The summed E-state index contributed by atoms with van der Waals surface area (Å²) in [6.07, 6.45) is 0.290. The van der Waals surface area contributed by atoms with Crippen molar-refractivity contribution in [3.8, 4) is 0 Å². The fourth-order valence-corrected chi connectivity index (χ4v) is 3.58. The van der Waals surface area contributed by atoms with E-state index in [1.54, 1.807) is 0 Å². The van der Waals surface area contributed by atoms with E-state index in [0.29, 0.717) is 6.42 Å². The second kappa shape index (κ2) is 10.9. The number of cyclic esters (lactones) is 1. The minimum atomic E-state index is -1.35. The zero-order valence-electron chi connectivity index (χ0n) is 14.2. The van der Waals surface area contributed by atoms with Crippen LogP contribution in [0.15, 0.2) is 0 Å². The van der Waals surface area contributed by atoms with Gasteiger partial charge in [0.05, 0.1) is 25.4 Å². The predicted octanol–water partition coefficient (Wildman–Crippen LogP) is 0.630. The van der Waals surface area contributed by atoms with E-state index in [2.05, 4.69) is 4.74 Å². The predicted molar refractivity (Wildman–Crippen MR) is 89.5 cm³/mol. The Kier molecular flexibility index (Phi) is 9.65. The molecule has 1 aliphatic rings. The summed E-state index contributed by atoms with van der Waals surface area (Å²) in [5.41, 5.74) is 0. The Balaban J connectivity index is 2.72. The van der Waals surface area contributed by atoms with E-state index < -0.39 is 35.5 Å². The highest BCUT2D eigenvalue weighted by Gasteiger charge is 2.30. The number of rotatable bonds is 4. The molecule has 0 spiro atoms. The molecule has 140 valence electrons. The molecule has 1 saturated heterocycles. The Hall–Kier alpha value is -0.830. The lowest BCUT2D eigenvalue weighted by Crippen LogP contribution is -2.35. The molecule has 0 amide bonds. The van der Waals surface area contributed by atoms with E-state index in [9.17, 15) is 24.9 Å². The number of esters is 2. The quantitative estimate of drug-likeness (QED) is 0.623. The van der Waals surface area contributed by atoms with Gasteiger partial charge < -0.3 is 24.8 Å². The number of aliphatic hydroxyl groups excluding tert-OH is 3. The molecule has 0 aliphatic carbocycles. The Labute approximate surface area is 146 Å². The lowest BCUT2D eigenvalue weighted by molar-refractivity contribution is -0.150. The monoisotopic (exact) mass is 364 g/mol. The summed E-state index contributed by atoms with van der Waals surface area (Å²) >= 11 is 1.02. The number of carbonyl (C=O) groups excluding carboxylic acids is 2. The molecule has 0 bridgehead atoms. The third kappa shape index (κ3) is 7.38. The van der Waals surface area contributed by atoms with Crippen LogP contribution in [0.3, 0.4) is 0 Å². The van der Waals surface area contributed by atoms with Crippen LogP contribution in [0.5, 0.6) is 0 Å². The van der Waals surface area contributed by atoms with E-state index in [0.717, 1.165) is 37.4 Å². The molecule has 1 heterocycles. The minimum Gasteiger partial charge on any atom is -0.467 e. The number of hydrogen-bond donors (Lipinski definition) is 3. The first-order valence-electron chi connectivity index (χ1n) is 8.29. The highest BCUT2D eigenvalue weighted by molar-refractivity contribution is 8.00. The van der Waals surface area contributed by atoms with Gasteiger partial charge in [0.25, 0.3) is 0 Å². The molecule has 3 N–H and O–H groups in total. The van der Waals surface area contributed by atoms with Gasteiger partial charge in [0, 0.05) is 5.75 Å². The van der Waals surface area contributed by atoms with Crippen molar-refractivity contribution < 1.29 is 34.4 Å². The maximum atomic E-state index is 12.3. The average Bonchev–Trinajstić information content (AvgIpc) is 2.55. The van der Waals surface area contributed by atoms with Gasteiger partial charge in [-0.05, 0) is 32.6 Å². The van der Waals surface area contributed by atoms with Crippen LogP contribution >= 0.6 is 11.8 Å². The standard InChI is InChI=1S/C16H28O7S/c1-10-6-4-3-5-7-11(17)12(18)8-14(16(21)23-10)24-9-13(19)15(20)22-2/h10-14,17-19H,3-9H2,1-2H3/t10-,11+,12-,13-,14+/m1/s1. The molecule has 0 unspecified atom stereocenters. The van der Waals surface area contributed by atoms with Crippen LogP contribution in [0.1, 0.15) is 45.4 Å². The van der Waals surface area contributed by atoms with E-state index in [1.165, 1.54) is 7.11 Å². The second-order valence-electron chi connectivity index (χ2n) is 6.12. The molecule has 24 heavy (non-hydrogen) atoms. The molecule has 0 aromatic carbocycles. The zero-order chi connectivity index (χ0) is 18.1. The summed E-state index contributed by atoms with van der Waals surface area (Å²) < 4.78 is 9.83. The van der Waals surface area contributed by atoms with Crippen molar-refractivity contribution in [2.45, 2.75) is 75.1 Å². The highest BCUT2D eigenvalue weighted by atomic mass is 32.2. The van der Waals surface area contributed by atoms with Gasteiger partial charge in [-0.3, -0.25) is 4.79 Å². The Morgan fingerprint density at radius 1 is 1.29 bits per heavy atom. The van der Waals surface area contributed by atoms with Crippen molar-refractivity contribution in [1.29, 1.82) is 0 Å². The van der Waals surface area contributed by atoms with Crippen LogP contribution in [0.4, 0.5) is 0 Å². The average molecular weight is 364 g/mol. The summed E-state index contributed by atoms with van der Waals surface area (Å²) in [5, 5.41) is 29.0. The lowest BCUT2D eigenvalue weighted by atomic mass is 10.0. The number of thioether (sulfide) groups is 1. The fourth-order valence-electron chi connectivity index (χ4n) is 2.51. The van der Waals surface area contributed by atoms with Gasteiger partial charge in [-0.2, -0.15) is 0 Å². The van der Waals surface area contributed by atoms with Gasteiger partial charge in [0.2, 0.25) is 0 Å². The van der Waals surface area contributed by atoms with Crippen LogP contribution in [0.2, 0.25) is 0 Å². The van der Waals surface area contributed by atoms with Crippen molar-refractivity contribution >= 4 is 23.7 Å². The van der Waals surface area contributed by atoms with Crippen molar-refractivity contribution in [3.63, 3.8) is 0 Å². The van der Waals surface area contributed by atoms with Crippen molar-refractivity contribution in [1.82, 2.24) is 0 Å². The first kappa shape index (κ1) is 21.2. The van der Waals surface area contributed by atoms with Crippen LogP contribution in [0.25, 0.3) is 0 Å². The van der Waals surface area contributed by atoms with Crippen molar-refractivity contribution in [3.05, 3.63) is 0 Å². The van der Waals surface area contributed by atoms with E-state index in [-0.39, 0.29) is 18.3 Å². The third-order valence-corrected chi connectivity index (χ3v) is 5.31. The first-order chi connectivity index (χ1) is 11.3. The minimum absolute atomic E-state index is 0.00524. The number of carbonyl (C=O) groups is 2. The molecule has 1 rings (SSSR count). The molecular formula is C16H28O7S. The van der Waals surface area contributed by atoms with E-state index in [4.69, 9.17) is 4.74 Å². The number of methoxy groups -OCH3 is 1. The number of aliphatic hydroxyl groups is 3. The fraction of sp³-hybridized carbons (Fsp3) is 0.875. The molecule has 0 radical (unpaired) electrons. The van der Waals surface area contributed by atoms with Crippen molar-refractivity contribution in [2.24, 2.45) is 0 Å². The van der Waals surface area contributed by atoms with E-state index >= 15 is 0 Å². The maximum absolute atomic E-state index is 12.3. The summed E-state index contributed by atoms with van der Waals surface area (Å²) in [6.45, 7) is 1.82. The Morgan fingerprint density at radius 3 is 2.62 bits per heavy atom. The summed E-state index contributed by atoms with van der Waals surface area (Å²) in [4.78, 5) is 23.6. The van der Waals surface area contributed by atoms with Crippen molar-refractivity contribution in [2.75, 3.05) is 12.9 Å². The first-order valence-corrected chi connectivity index (χ1v) is 9.34. The molecule has 7 nitrogen and oxygen atoms in total. The Morgan fingerprint density at radius 2 is 1.96 bits per heavy atom.